The molecule has 0 fully saturated rings. The standard InChI is InChI=1S/C11H17NO4S/c1-8-5-10(3-4-11(8)16-2)17(14,15)7-9(13)6-12/h3-5,9,13H,6-7,12H2,1-2H3. The van der Waals surface area contributed by atoms with Gasteiger partial charge in [-0.3, -0.25) is 0 Å². The molecule has 1 unspecified atom stereocenters. The van der Waals surface area contributed by atoms with Crippen molar-refractivity contribution in [1.82, 2.24) is 0 Å². The molecule has 1 atom stereocenters. The molecule has 1 rings (SSSR count). The zero-order valence-corrected chi connectivity index (χ0v) is 10.7. The Morgan fingerprint density at radius 1 is 1.47 bits per heavy atom. The number of sulfone groups is 1. The van der Waals surface area contributed by atoms with Gasteiger partial charge in [-0.15, -0.1) is 0 Å². The smallest absolute Gasteiger partial charge is 0.180 e. The summed E-state index contributed by atoms with van der Waals surface area (Å²) in [5.41, 5.74) is 5.93. The number of benzene rings is 1. The summed E-state index contributed by atoms with van der Waals surface area (Å²) in [6.45, 7) is 1.69. The van der Waals surface area contributed by atoms with Crippen LogP contribution in [0.4, 0.5) is 0 Å². The first-order valence-electron chi connectivity index (χ1n) is 5.16. The van der Waals surface area contributed by atoms with Crippen molar-refractivity contribution >= 4 is 9.84 Å². The Bertz CT molecular complexity index is 484. The van der Waals surface area contributed by atoms with Crippen LogP contribution in [-0.2, 0) is 9.84 Å². The highest BCUT2D eigenvalue weighted by atomic mass is 32.2. The molecule has 17 heavy (non-hydrogen) atoms. The second-order valence-corrected chi connectivity index (χ2v) is 5.84. The number of ether oxygens (including phenoxy) is 1. The minimum absolute atomic E-state index is 0.0750. The van der Waals surface area contributed by atoms with E-state index in [1.54, 1.807) is 13.0 Å². The van der Waals surface area contributed by atoms with Gasteiger partial charge in [0.25, 0.3) is 0 Å². The number of nitrogens with two attached hydrogens (primary N) is 1. The lowest BCUT2D eigenvalue weighted by molar-refractivity contribution is 0.205. The van der Waals surface area contributed by atoms with Gasteiger partial charge in [0.2, 0.25) is 0 Å². The third kappa shape index (κ3) is 3.42. The predicted molar refractivity (Wildman–Crippen MR) is 64.8 cm³/mol. The van der Waals surface area contributed by atoms with E-state index in [0.29, 0.717) is 5.75 Å². The Balaban J connectivity index is 3.04. The van der Waals surface area contributed by atoms with Crippen LogP contribution in [0.1, 0.15) is 5.56 Å². The van der Waals surface area contributed by atoms with Crippen molar-refractivity contribution in [2.45, 2.75) is 17.9 Å². The first-order chi connectivity index (χ1) is 7.90. The molecule has 0 saturated heterocycles. The quantitative estimate of drug-likeness (QED) is 0.782. The molecule has 0 saturated carbocycles. The molecule has 0 spiro atoms. The SMILES string of the molecule is COc1ccc(S(=O)(=O)CC(O)CN)cc1C. The lowest BCUT2D eigenvalue weighted by Gasteiger charge is -2.11. The maximum Gasteiger partial charge on any atom is 0.180 e. The Morgan fingerprint density at radius 2 is 2.12 bits per heavy atom. The van der Waals surface area contributed by atoms with Crippen LogP contribution in [0, 0.1) is 6.92 Å². The van der Waals surface area contributed by atoms with Crippen molar-refractivity contribution in [1.29, 1.82) is 0 Å². The molecule has 6 heteroatoms. The Morgan fingerprint density at radius 3 is 2.59 bits per heavy atom. The molecule has 3 N–H and O–H groups in total. The number of aryl methyl sites for hydroxylation is 1. The third-order valence-electron chi connectivity index (χ3n) is 2.41. The van der Waals surface area contributed by atoms with Crippen molar-refractivity contribution in [2.75, 3.05) is 19.4 Å². The van der Waals surface area contributed by atoms with E-state index < -0.39 is 15.9 Å². The summed E-state index contributed by atoms with van der Waals surface area (Å²) in [6, 6.07) is 4.58. The maximum absolute atomic E-state index is 11.9. The van der Waals surface area contributed by atoms with Gasteiger partial charge in [0.05, 0.1) is 23.9 Å². The zero-order valence-electron chi connectivity index (χ0n) is 9.88. The van der Waals surface area contributed by atoms with Crippen molar-refractivity contribution in [3.63, 3.8) is 0 Å². The highest BCUT2D eigenvalue weighted by Crippen LogP contribution is 2.22. The third-order valence-corrected chi connectivity index (χ3v) is 4.21. The largest absolute Gasteiger partial charge is 0.496 e. The number of aliphatic hydroxyl groups is 1. The molecule has 0 aliphatic carbocycles. The van der Waals surface area contributed by atoms with Gasteiger partial charge >= 0.3 is 0 Å². The molecule has 0 radical (unpaired) electrons. The maximum atomic E-state index is 11.9. The molecule has 0 aliphatic heterocycles. The van der Waals surface area contributed by atoms with E-state index in [0.717, 1.165) is 5.56 Å². The molecular formula is C11H17NO4S. The normalized spacial score (nSPS) is 13.4. The lowest BCUT2D eigenvalue weighted by atomic mass is 10.2. The van der Waals surface area contributed by atoms with Crippen LogP contribution in [0.15, 0.2) is 23.1 Å². The minimum atomic E-state index is -3.50. The average Bonchev–Trinajstić information content (AvgIpc) is 2.28. The van der Waals surface area contributed by atoms with Crippen LogP contribution in [0.3, 0.4) is 0 Å². The fourth-order valence-corrected chi connectivity index (χ4v) is 2.93. The van der Waals surface area contributed by atoms with Crippen molar-refractivity contribution in [2.24, 2.45) is 5.73 Å². The van der Waals surface area contributed by atoms with Gasteiger partial charge in [-0.2, -0.15) is 0 Å². The molecular weight excluding hydrogens is 242 g/mol. The summed E-state index contributed by atoms with van der Waals surface area (Å²) in [5.74, 6) is 0.262. The second kappa shape index (κ2) is 5.48. The van der Waals surface area contributed by atoms with E-state index in [9.17, 15) is 13.5 Å². The van der Waals surface area contributed by atoms with Crippen LogP contribution < -0.4 is 10.5 Å². The zero-order chi connectivity index (χ0) is 13.1. The molecule has 0 aromatic heterocycles. The molecule has 0 heterocycles. The summed E-state index contributed by atoms with van der Waals surface area (Å²) in [4.78, 5) is 0.170. The molecule has 0 bridgehead atoms. The molecule has 96 valence electrons. The van der Waals surface area contributed by atoms with Crippen LogP contribution in [0.2, 0.25) is 0 Å². The van der Waals surface area contributed by atoms with E-state index in [-0.39, 0.29) is 17.2 Å². The van der Waals surface area contributed by atoms with E-state index in [1.165, 1.54) is 19.2 Å². The molecule has 1 aromatic carbocycles. The number of hydrogen-bond donors (Lipinski definition) is 2. The fourth-order valence-electron chi connectivity index (χ4n) is 1.46. The van der Waals surface area contributed by atoms with E-state index in [4.69, 9.17) is 10.5 Å². The van der Waals surface area contributed by atoms with Crippen molar-refractivity contribution in [3.8, 4) is 5.75 Å². The molecule has 0 amide bonds. The topological polar surface area (TPSA) is 89.6 Å². The van der Waals surface area contributed by atoms with Crippen molar-refractivity contribution in [3.05, 3.63) is 23.8 Å². The first kappa shape index (κ1) is 14.0. The van der Waals surface area contributed by atoms with Crippen LogP contribution in [0.25, 0.3) is 0 Å². The van der Waals surface area contributed by atoms with Crippen LogP contribution in [0.5, 0.6) is 5.75 Å². The molecule has 5 nitrogen and oxygen atoms in total. The summed E-state index contributed by atoms with van der Waals surface area (Å²) in [5, 5.41) is 9.30. The van der Waals surface area contributed by atoms with E-state index in [1.807, 2.05) is 0 Å². The van der Waals surface area contributed by atoms with Gasteiger partial charge < -0.3 is 15.6 Å². The van der Waals surface area contributed by atoms with Gasteiger partial charge in [-0.05, 0) is 30.7 Å². The second-order valence-electron chi connectivity index (χ2n) is 3.80. The highest BCUT2D eigenvalue weighted by Gasteiger charge is 2.19. The summed E-state index contributed by atoms with van der Waals surface area (Å²) in [6.07, 6.45) is -1.04. The molecule has 0 aliphatic rings. The Labute approximate surface area is 101 Å². The number of aliphatic hydroxyl groups excluding tert-OH is 1. The van der Waals surface area contributed by atoms with Gasteiger partial charge in [0.15, 0.2) is 9.84 Å². The fraction of sp³-hybridized carbons (Fsp3) is 0.455. The summed E-state index contributed by atoms with van der Waals surface area (Å²) in [7, 11) is -1.98. The van der Waals surface area contributed by atoms with Crippen LogP contribution >= 0.6 is 0 Å². The minimum Gasteiger partial charge on any atom is -0.496 e. The van der Waals surface area contributed by atoms with E-state index >= 15 is 0 Å². The molecule has 1 aromatic rings. The predicted octanol–water partition coefficient (Wildman–Crippen LogP) is 0.0969. The lowest BCUT2D eigenvalue weighted by Crippen LogP contribution is -2.28. The number of hydrogen-bond acceptors (Lipinski definition) is 5. The Hall–Kier alpha value is -1.11. The Kier molecular flexibility index (Phi) is 4.50. The summed E-state index contributed by atoms with van der Waals surface area (Å²) < 4.78 is 28.8. The monoisotopic (exact) mass is 259 g/mol. The van der Waals surface area contributed by atoms with Gasteiger partial charge in [-0.25, -0.2) is 8.42 Å². The average molecular weight is 259 g/mol. The number of rotatable bonds is 5. The van der Waals surface area contributed by atoms with Gasteiger partial charge in [0, 0.05) is 6.54 Å². The number of methoxy groups -OCH3 is 1. The van der Waals surface area contributed by atoms with Crippen LogP contribution in [-0.4, -0.2) is 39.0 Å². The highest BCUT2D eigenvalue weighted by molar-refractivity contribution is 7.91. The first-order valence-corrected chi connectivity index (χ1v) is 6.81. The van der Waals surface area contributed by atoms with Gasteiger partial charge in [-0.1, -0.05) is 0 Å². The van der Waals surface area contributed by atoms with Gasteiger partial charge in [0.1, 0.15) is 5.75 Å². The van der Waals surface area contributed by atoms with Crippen molar-refractivity contribution < 1.29 is 18.3 Å². The summed E-state index contributed by atoms with van der Waals surface area (Å²) >= 11 is 0. The van der Waals surface area contributed by atoms with E-state index in [2.05, 4.69) is 0 Å².